The molecular formula is C13H14F3NO2. The van der Waals surface area contributed by atoms with Gasteiger partial charge in [0.2, 0.25) is 0 Å². The van der Waals surface area contributed by atoms with Crippen molar-refractivity contribution in [1.29, 1.82) is 0 Å². The van der Waals surface area contributed by atoms with Crippen molar-refractivity contribution in [3.8, 4) is 5.75 Å². The third-order valence-corrected chi connectivity index (χ3v) is 3.04. The Hall–Kier alpha value is -1.72. The predicted octanol–water partition coefficient (Wildman–Crippen LogP) is 3.11. The summed E-state index contributed by atoms with van der Waals surface area (Å²) in [6.45, 7) is 1.93. The number of ether oxygens (including phenoxy) is 1. The first kappa shape index (κ1) is 13.7. The van der Waals surface area contributed by atoms with Crippen LogP contribution in [-0.4, -0.2) is 18.3 Å². The van der Waals surface area contributed by atoms with Crippen molar-refractivity contribution in [3.05, 3.63) is 29.8 Å². The van der Waals surface area contributed by atoms with E-state index in [1.165, 1.54) is 12.1 Å². The molecule has 0 aromatic heterocycles. The summed E-state index contributed by atoms with van der Waals surface area (Å²) in [5.74, 6) is -0.0889. The normalized spacial score (nSPS) is 16.8. The lowest BCUT2D eigenvalue weighted by atomic mass is 10.1. The number of hydrogen-bond acceptors (Lipinski definition) is 2. The van der Waals surface area contributed by atoms with Crippen LogP contribution in [0.3, 0.4) is 0 Å². The predicted molar refractivity (Wildman–Crippen MR) is 62.8 cm³/mol. The summed E-state index contributed by atoms with van der Waals surface area (Å²) in [5, 5.41) is 2.82. The van der Waals surface area contributed by atoms with E-state index in [-0.39, 0.29) is 17.7 Å². The standard InChI is InChI=1S/C13H14F3NO2/c1-8(9-2-3-9)17-12(18)10-4-6-11(7-5-10)19-13(14,15)16/h4-9H,2-3H2,1H3,(H,17,18). The summed E-state index contributed by atoms with van der Waals surface area (Å²) in [6, 6.07) is 4.99. The van der Waals surface area contributed by atoms with Gasteiger partial charge in [0.25, 0.3) is 5.91 Å². The highest BCUT2D eigenvalue weighted by molar-refractivity contribution is 5.94. The van der Waals surface area contributed by atoms with Crippen LogP contribution in [0.25, 0.3) is 0 Å². The molecule has 1 aromatic carbocycles. The molecule has 1 aliphatic carbocycles. The fraction of sp³-hybridized carbons (Fsp3) is 0.462. The zero-order chi connectivity index (χ0) is 14.0. The van der Waals surface area contributed by atoms with Gasteiger partial charge in [0.15, 0.2) is 0 Å². The van der Waals surface area contributed by atoms with E-state index in [1.54, 1.807) is 0 Å². The molecule has 0 saturated heterocycles. The molecular weight excluding hydrogens is 259 g/mol. The molecule has 1 saturated carbocycles. The summed E-state index contributed by atoms with van der Waals surface area (Å²) >= 11 is 0. The number of benzene rings is 1. The van der Waals surface area contributed by atoms with Crippen LogP contribution in [0.4, 0.5) is 13.2 Å². The molecule has 104 valence electrons. The van der Waals surface area contributed by atoms with Gasteiger partial charge in [-0.15, -0.1) is 13.2 Å². The average molecular weight is 273 g/mol. The zero-order valence-electron chi connectivity index (χ0n) is 10.3. The molecule has 1 N–H and O–H groups in total. The van der Waals surface area contributed by atoms with Crippen molar-refractivity contribution in [3.63, 3.8) is 0 Å². The van der Waals surface area contributed by atoms with Gasteiger partial charge in [0, 0.05) is 11.6 Å². The Morgan fingerprint density at radius 3 is 2.37 bits per heavy atom. The number of alkyl halides is 3. The number of hydrogen-bond donors (Lipinski definition) is 1. The number of halogens is 3. The van der Waals surface area contributed by atoms with E-state index >= 15 is 0 Å². The molecule has 1 fully saturated rings. The van der Waals surface area contributed by atoms with Gasteiger partial charge in [0.05, 0.1) is 0 Å². The molecule has 6 heteroatoms. The quantitative estimate of drug-likeness (QED) is 0.915. The highest BCUT2D eigenvalue weighted by Crippen LogP contribution is 2.32. The lowest BCUT2D eigenvalue weighted by Gasteiger charge is -2.13. The molecule has 1 unspecified atom stereocenters. The van der Waals surface area contributed by atoms with Gasteiger partial charge in [-0.05, 0) is 49.9 Å². The Morgan fingerprint density at radius 1 is 1.32 bits per heavy atom. The van der Waals surface area contributed by atoms with Gasteiger partial charge in [-0.25, -0.2) is 0 Å². The topological polar surface area (TPSA) is 38.3 Å². The second-order valence-electron chi connectivity index (χ2n) is 4.67. The maximum absolute atomic E-state index is 12.0. The first-order valence-corrected chi connectivity index (χ1v) is 6.02. The van der Waals surface area contributed by atoms with E-state index in [2.05, 4.69) is 10.1 Å². The largest absolute Gasteiger partial charge is 0.573 e. The SMILES string of the molecule is CC(NC(=O)c1ccc(OC(F)(F)F)cc1)C1CC1. The summed E-state index contributed by atoms with van der Waals surface area (Å²) in [7, 11) is 0. The van der Waals surface area contributed by atoms with Crippen molar-refractivity contribution in [2.45, 2.75) is 32.2 Å². The number of nitrogens with one attached hydrogen (secondary N) is 1. The van der Waals surface area contributed by atoms with Crippen molar-refractivity contribution in [2.24, 2.45) is 5.92 Å². The molecule has 1 aromatic rings. The highest BCUT2D eigenvalue weighted by atomic mass is 19.4. The zero-order valence-corrected chi connectivity index (χ0v) is 10.3. The Balaban J connectivity index is 1.95. The minimum atomic E-state index is -4.72. The Bertz CT molecular complexity index is 452. The molecule has 0 spiro atoms. The monoisotopic (exact) mass is 273 g/mol. The minimum Gasteiger partial charge on any atom is -0.406 e. The molecule has 0 bridgehead atoms. The molecule has 1 amide bonds. The van der Waals surface area contributed by atoms with E-state index in [0.717, 1.165) is 25.0 Å². The number of carbonyl (C=O) groups excluding carboxylic acids is 1. The van der Waals surface area contributed by atoms with Gasteiger partial charge in [-0.2, -0.15) is 0 Å². The summed E-state index contributed by atoms with van der Waals surface area (Å²) in [4.78, 5) is 11.8. The lowest BCUT2D eigenvalue weighted by Crippen LogP contribution is -2.33. The van der Waals surface area contributed by atoms with E-state index in [1.807, 2.05) is 6.92 Å². The van der Waals surface area contributed by atoms with Crippen LogP contribution in [0.1, 0.15) is 30.1 Å². The smallest absolute Gasteiger partial charge is 0.406 e. The van der Waals surface area contributed by atoms with Crippen LogP contribution < -0.4 is 10.1 Å². The molecule has 2 rings (SSSR count). The Morgan fingerprint density at radius 2 is 1.89 bits per heavy atom. The molecule has 0 aliphatic heterocycles. The average Bonchev–Trinajstić information content (AvgIpc) is 3.11. The van der Waals surface area contributed by atoms with Crippen LogP contribution in [0, 0.1) is 5.92 Å². The second kappa shape index (κ2) is 5.11. The second-order valence-corrected chi connectivity index (χ2v) is 4.67. The van der Waals surface area contributed by atoms with Crippen molar-refractivity contribution >= 4 is 5.91 Å². The summed E-state index contributed by atoms with van der Waals surface area (Å²) in [5.41, 5.74) is 0.321. The molecule has 3 nitrogen and oxygen atoms in total. The third-order valence-electron chi connectivity index (χ3n) is 3.04. The number of amides is 1. The highest BCUT2D eigenvalue weighted by Gasteiger charge is 2.31. The van der Waals surface area contributed by atoms with E-state index in [4.69, 9.17) is 0 Å². The van der Waals surface area contributed by atoms with E-state index in [9.17, 15) is 18.0 Å². The number of carbonyl (C=O) groups is 1. The van der Waals surface area contributed by atoms with Crippen LogP contribution in [0.5, 0.6) is 5.75 Å². The first-order chi connectivity index (χ1) is 8.85. The van der Waals surface area contributed by atoms with Crippen LogP contribution in [0.15, 0.2) is 24.3 Å². The van der Waals surface area contributed by atoms with E-state index < -0.39 is 6.36 Å². The van der Waals surface area contributed by atoms with Crippen molar-refractivity contribution in [2.75, 3.05) is 0 Å². The fourth-order valence-electron chi connectivity index (χ4n) is 1.81. The summed E-state index contributed by atoms with van der Waals surface area (Å²) < 4.78 is 39.6. The van der Waals surface area contributed by atoms with E-state index in [0.29, 0.717) is 11.5 Å². The van der Waals surface area contributed by atoms with Gasteiger partial charge < -0.3 is 10.1 Å². The lowest BCUT2D eigenvalue weighted by molar-refractivity contribution is -0.274. The van der Waals surface area contributed by atoms with Crippen LogP contribution in [0.2, 0.25) is 0 Å². The van der Waals surface area contributed by atoms with Gasteiger partial charge in [0.1, 0.15) is 5.75 Å². The molecule has 1 atom stereocenters. The third kappa shape index (κ3) is 4.15. The minimum absolute atomic E-state index is 0.0959. The Labute approximate surface area is 108 Å². The summed E-state index contributed by atoms with van der Waals surface area (Å²) in [6.07, 6.45) is -2.50. The van der Waals surface area contributed by atoms with Gasteiger partial charge in [-0.1, -0.05) is 0 Å². The maximum Gasteiger partial charge on any atom is 0.573 e. The maximum atomic E-state index is 12.0. The number of rotatable bonds is 4. The van der Waals surface area contributed by atoms with Crippen molar-refractivity contribution < 1.29 is 22.7 Å². The van der Waals surface area contributed by atoms with Gasteiger partial charge >= 0.3 is 6.36 Å². The molecule has 0 radical (unpaired) electrons. The Kier molecular flexibility index (Phi) is 3.68. The fourth-order valence-corrected chi connectivity index (χ4v) is 1.81. The van der Waals surface area contributed by atoms with Gasteiger partial charge in [-0.3, -0.25) is 4.79 Å². The first-order valence-electron chi connectivity index (χ1n) is 6.02. The molecule has 1 aliphatic rings. The van der Waals surface area contributed by atoms with Crippen LogP contribution >= 0.6 is 0 Å². The molecule has 0 heterocycles. The molecule has 19 heavy (non-hydrogen) atoms. The van der Waals surface area contributed by atoms with Crippen LogP contribution in [-0.2, 0) is 0 Å². The van der Waals surface area contributed by atoms with Crippen molar-refractivity contribution in [1.82, 2.24) is 5.32 Å².